The average Bonchev–Trinajstić information content (AvgIpc) is 2.50. The SMILES string of the molecule is CCCCC(CC)CNCc1cc2c(cn1)OCCO2. The van der Waals surface area contributed by atoms with E-state index >= 15 is 0 Å². The van der Waals surface area contributed by atoms with E-state index < -0.39 is 0 Å². The summed E-state index contributed by atoms with van der Waals surface area (Å²) in [5, 5.41) is 3.51. The molecule has 2 heterocycles. The lowest BCUT2D eigenvalue weighted by molar-refractivity contribution is 0.170. The van der Waals surface area contributed by atoms with Gasteiger partial charge in [-0.1, -0.05) is 33.1 Å². The fraction of sp³-hybridized carbons (Fsp3) is 0.688. The Morgan fingerprint density at radius 1 is 1.25 bits per heavy atom. The van der Waals surface area contributed by atoms with Crippen molar-refractivity contribution < 1.29 is 9.47 Å². The van der Waals surface area contributed by atoms with Gasteiger partial charge in [0, 0.05) is 12.6 Å². The van der Waals surface area contributed by atoms with Crippen LogP contribution in [0.3, 0.4) is 0 Å². The highest BCUT2D eigenvalue weighted by Gasteiger charge is 2.12. The van der Waals surface area contributed by atoms with E-state index in [-0.39, 0.29) is 0 Å². The Bertz CT molecular complexity index is 409. The first-order valence-electron chi connectivity index (χ1n) is 7.78. The molecular weight excluding hydrogens is 252 g/mol. The molecule has 0 bridgehead atoms. The molecule has 1 unspecified atom stereocenters. The first-order chi connectivity index (χ1) is 9.83. The molecule has 1 aliphatic heterocycles. The number of unbranched alkanes of at least 4 members (excludes halogenated alkanes) is 1. The van der Waals surface area contributed by atoms with Gasteiger partial charge in [0.1, 0.15) is 13.2 Å². The quantitative estimate of drug-likeness (QED) is 0.793. The number of nitrogens with zero attached hydrogens (tertiary/aromatic N) is 1. The van der Waals surface area contributed by atoms with Gasteiger partial charge in [-0.25, -0.2) is 0 Å². The zero-order valence-corrected chi connectivity index (χ0v) is 12.7. The monoisotopic (exact) mass is 278 g/mol. The van der Waals surface area contributed by atoms with Crippen molar-refractivity contribution in [3.63, 3.8) is 0 Å². The zero-order valence-electron chi connectivity index (χ0n) is 12.7. The fourth-order valence-corrected chi connectivity index (χ4v) is 2.43. The van der Waals surface area contributed by atoms with E-state index in [1.807, 2.05) is 6.07 Å². The van der Waals surface area contributed by atoms with Crippen LogP contribution in [-0.4, -0.2) is 24.7 Å². The predicted octanol–water partition coefficient (Wildman–Crippen LogP) is 3.16. The third-order valence-corrected chi connectivity index (χ3v) is 3.77. The molecular formula is C16H26N2O2. The first-order valence-corrected chi connectivity index (χ1v) is 7.78. The summed E-state index contributed by atoms with van der Waals surface area (Å²) in [5.74, 6) is 2.35. The molecule has 1 N–H and O–H groups in total. The van der Waals surface area contributed by atoms with Crippen LogP contribution in [0.5, 0.6) is 11.5 Å². The van der Waals surface area contributed by atoms with E-state index in [2.05, 4.69) is 24.1 Å². The number of pyridine rings is 1. The predicted molar refractivity (Wildman–Crippen MR) is 80.2 cm³/mol. The van der Waals surface area contributed by atoms with Crippen molar-refractivity contribution >= 4 is 0 Å². The first kappa shape index (κ1) is 15.1. The Morgan fingerprint density at radius 2 is 2.05 bits per heavy atom. The van der Waals surface area contributed by atoms with Crippen LogP contribution in [0.25, 0.3) is 0 Å². The van der Waals surface area contributed by atoms with Gasteiger partial charge in [0.05, 0.1) is 11.9 Å². The lowest BCUT2D eigenvalue weighted by Gasteiger charge is -2.19. The Kier molecular flexibility index (Phi) is 6.12. The van der Waals surface area contributed by atoms with E-state index in [4.69, 9.17) is 9.47 Å². The van der Waals surface area contributed by atoms with Gasteiger partial charge in [0.2, 0.25) is 0 Å². The second-order valence-electron chi connectivity index (χ2n) is 5.37. The van der Waals surface area contributed by atoms with Gasteiger partial charge in [0.15, 0.2) is 11.5 Å². The Morgan fingerprint density at radius 3 is 2.80 bits per heavy atom. The van der Waals surface area contributed by atoms with Crippen LogP contribution in [0.1, 0.15) is 45.2 Å². The van der Waals surface area contributed by atoms with Crippen LogP contribution in [-0.2, 0) is 6.54 Å². The summed E-state index contributed by atoms with van der Waals surface area (Å²) in [6.45, 7) is 7.61. The lowest BCUT2D eigenvalue weighted by atomic mass is 9.99. The number of hydrogen-bond acceptors (Lipinski definition) is 4. The molecule has 0 aromatic carbocycles. The minimum Gasteiger partial charge on any atom is -0.486 e. The van der Waals surface area contributed by atoms with E-state index in [0.29, 0.717) is 13.2 Å². The van der Waals surface area contributed by atoms with E-state index in [0.717, 1.165) is 36.2 Å². The summed E-state index contributed by atoms with van der Waals surface area (Å²) in [7, 11) is 0. The van der Waals surface area contributed by atoms with Gasteiger partial charge in [0.25, 0.3) is 0 Å². The normalized spacial score (nSPS) is 15.1. The van der Waals surface area contributed by atoms with Crippen LogP contribution in [0, 0.1) is 5.92 Å². The van der Waals surface area contributed by atoms with Crippen molar-refractivity contribution in [2.45, 2.75) is 46.1 Å². The second kappa shape index (κ2) is 8.10. The van der Waals surface area contributed by atoms with Gasteiger partial charge in [-0.15, -0.1) is 0 Å². The minimum atomic E-state index is 0.613. The molecule has 1 aromatic heterocycles. The highest BCUT2D eigenvalue weighted by atomic mass is 16.6. The number of rotatable bonds is 8. The molecule has 0 aliphatic carbocycles. The number of hydrogen-bond donors (Lipinski definition) is 1. The summed E-state index contributed by atoms with van der Waals surface area (Å²) in [6, 6.07) is 1.98. The second-order valence-corrected chi connectivity index (χ2v) is 5.37. The number of aromatic nitrogens is 1. The van der Waals surface area contributed by atoms with Crippen LogP contribution in [0.2, 0.25) is 0 Å². The van der Waals surface area contributed by atoms with Crippen molar-refractivity contribution in [3.8, 4) is 11.5 Å². The Labute approximate surface area is 121 Å². The van der Waals surface area contributed by atoms with Gasteiger partial charge >= 0.3 is 0 Å². The van der Waals surface area contributed by atoms with Crippen molar-refractivity contribution in [1.82, 2.24) is 10.3 Å². The Balaban J connectivity index is 1.78. The van der Waals surface area contributed by atoms with Gasteiger partial charge in [-0.3, -0.25) is 4.98 Å². The third-order valence-electron chi connectivity index (χ3n) is 3.77. The largest absolute Gasteiger partial charge is 0.486 e. The molecule has 2 rings (SSSR count). The molecule has 0 saturated carbocycles. The minimum absolute atomic E-state index is 0.613. The molecule has 0 saturated heterocycles. The van der Waals surface area contributed by atoms with E-state index in [1.54, 1.807) is 6.20 Å². The van der Waals surface area contributed by atoms with Crippen molar-refractivity contribution in [1.29, 1.82) is 0 Å². The average molecular weight is 278 g/mol. The maximum Gasteiger partial charge on any atom is 0.179 e. The van der Waals surface area contributed by atoms with Crippen molar-refractivity contribution in [2.75, 3.05) is 19.8 Å². The summed E-state index contributed by atoms with van der Waals surface area (Å²) < 4.78 is 11.0. The topological polar surface area (TPSA) is 43.4 Å². The summed E-state index contributed by atoms with van der Waals surface area (Å²) >= 11 is 0. The maximum absolute atomic E-state index is 5.57. The summed E-state index contributed by atoms with van der Waals surface area (Å²) in [6.07, 6.45) is 6.92. The molecule has 1 aromatic rings. The van der Waals surface area contributed by atoms with Gasteiger partial charge in [-0.05, 0) is 18.9 Å². The van der Waals surface area contributed by atoms with Crippen LogP contribution < -0.4 is 14.8 Å². The number of nitrogens with one attached hydrogen (secondary N) is 1. The molecule has 1 aliphatic rings. The number of fused-ring (bicyclic) bond motifs is 1. The molecule has 4 nitrogen and oxygen atoms in total. The highest BCUT2D eigenvalue weighted by Crippen LogP contribution is 2.29. The highest BCUT2D eigenvalue weighted by molar-refractivity contribution is 5.39. The van der Waals surface area contributed by atoms with Crippen LogP contribution in [0.15, 0.2) is 12.3 Å². The van der Waals surface area contributed by atoms with Crippen molar-refractivity contribution in [3.05, 3.63) is 18.0 Å². The molecule has 112 valence electrons. The molecule has 0 fully saturated rings. The van der Waals surface area contributed by atoms with E-state index in [1.165, 1.54) is 25.7 Å². The van der Waals surface area contributed by atoms with E-state index in [9.17, 15) is 0 Å². The molecule has 0 amide bonds. The summed E-state index contributed by atoms with van der Waals surface area (Å²) in [4.78, 5) is 4.41. The van der Waals surface area contributed by atoms with Crippen LogP contribution >= 0.6 is 0 Å². The molecule has 1 atom stereocenters. The standard InChI is InChI=1S/C16H26N2O2/c1-3-5-6-13(4-2)10-17-11-14-9-15-16(12-18-14)20-8-7-19-15/h9,12-13,17H,3-8,10-11H2,1-2H3. The fourth-order valence-electron chi connectivity index (χ4n) is 2.43. The molecule has 20 heavy (non-hydrogen) atoms. The molecule has 0 spiro atoms. The van der Waals surface area contributed by atoms with Crippen molar-refractivity contribution in [2.24, 2.45) is 5.92 Å². The third kappa shape index (κ3) is 4.37. The van der Waals surface area contributed by atoms with Gasteiger partial charge < -0.3 is 14.8 Å². The number of ether oxygens (including phenoxy) is 2. The smallest absolute Gasteiger partial charge is 0.179 e. The van der Waals surface area contributed by atoms with Gasteiger partial charge in [-0.2, -0.15) is 0 Å². The van der Waals surface area contributed by atoms with Crippen LogP contribution in [0.4, 0.5) is 0 Å². The maximum atomic E-state index is 5.57. The molecule has 0 radical (unpaired) electrons. The molecule has 4 heteroatoms. The zero-order chi connectivity index (χ0) is 14.2. The lowest BCUT2D eigenvalue weighted by Crippen LogP contribution is -2.23. The Hall–Kier alpha value is -1.29. The summed E-state index contributed by atoms with van der Waals surface area (Å²) in [5.41, 5.74) is 1.01.